The normalized spacial score (nSPS) is 20.9. The number of aryl methyl sites for hydroxylation is 1. The molecule has 0 amide bonds. The van der Waals surface area contributed by atoms with E-state index in [4.69, 9.17) is 0 Å². The Morgan fingerprint density at radius 2 is 2.31 bits per heavy atom. The van der Waals surface area contributed by atoms with Crippen LogP contribution in [0.3, 0.4) is 0 Å². The quantitative estimate of drug-likeness (QED) is 0.818. The van der Waals surface area contributed by atoms with Gasteiger partial charge in [0.25, 0.3) is 0 Å². The van der Waals surface area contributed by atoms with Crippen LogP contribution >= 0.6 is 0 Å². The molecule has 0 unspecified atom stereocenters. The van der Waals surface area contributed by atoms with Gasteiger partial charge in [-0.2, -0.15) is 0 Å². The molecule has 0 aliphatic carbocycles. The lowest BCUT2D eigenvalue weighted by molar-refractivity contribution is 0.0812. The van der Waals surface area contributed by atoms with Gasteiger partial charge >= 0.3 is 0 Å². The van der Waals surface area contributed by atoms with Gasteiger partial charge in [0.2, 0.25) is 0 Å². The van der Waals surface area contributed by atoms with E-state index in [1.54, 1.807) is 0 Å². The van der Waals surface area contributed by atoms with Gasteiger partial charge in [0, 0.05) is 37.9 Å². The van der Waals surface area contributed by atoms with Crippen LogP contribution < -0.4 is 5.32 Å². The lowest BCUT2D eigenvalue weighted by Crippen LogP contribution is -2.57. The number of piperazine rings is 1. The third-order valence-corrected chi connectivity index (χ3v) is 3.43. The zero-order valence-electron chi connectivity index (χ0n) is 10.5. The average Bonchev–Trinajstić information content (AvgIpc) is 2.24. The van der Waals surface area contributed by atoms with Crippen LogP contribution in [-0.2, 0) is 6.54 Å². The minimum Gasteiger partial charge on any atom is -0.314 e. The predicted molar refractivity (Wildman–Crippen MR) is 66.3 cm³/mol. The summed E-state index contributed by atoms with van der Waals surface area (Å²) in [5.74, 6) is 0. The summed E-state index contributed by atoms with van der Waals surface area (Å²) < 4.78 is 0. The fourth-order valence-corrected chi connectivity index (χ4v) is 2.18. The summed E-state index contributed by atoms with van der Waals surface area (Å²) in [6.45, 7) is 10.9. The number of rotatable bonds is 2. The Morgan fingerprint density at radius 1 is 1.50 bits per heavy atom. The maximum absolute atomic E-state index is 4.48. The summed E-state index contributed by atoms with van der Waals surface area (Å²) in [6, 6.07) is 4.14. The van der Waals surface area contributed by atoms with E-state index in [0.29, 0.717) is 0 Å². The van der Waals surface area contributed by atoms with Crippen molar-refractivity contribution in [3.05, 3.63) is 29.6 Å². The monoisotopic (exact) mass is 219 g/mol. The molecule has 1 N–H and O–H groups in total. The van der Waals surface area contributed by atoms with E-state index in [1.807, 2.05) is 12.3 Å². The number of nitrogens with zero attached hydrogens (tertiary/aromatic N) is 2. The maximum atomic E-state index is 4.48. The average molecular weight is 219 g/mol. The van der Waals surface area contributed by atoms with Crippen LogP contribution in [0.5, 0.6) is 0 Å². The first kappa shape index (κ1) is 11.6. The third kappa shape index (κ3) is 2.42. The van der Waals surface area contributed by atoms with Gasteiger partial charge in [-0.25, -0.2) is 0 Å². The lowest BCUT2D eigenvalue weighted by atomic mass is 9.99. The summed E-state index contributed by atoms with van der Waals surface area (Å²) in [5.41, 5.74) is 2.72. The van der Waals surface area contributed by atoms with Crippen molar-refractivity contribution >= 4 is 0 Å². The highest BCUT2D eigenvalue weighted by atomic mass is 15.2. The second kappa shape index (κ2) is 4.52. The fraction of sp³-hybridized carbons (Fsp3) is 0.615. The first-order valence-electron chi connectivity index (χ1n) is 5.96. The molecule has 0 aromatic carbocycles. The molecular formula is C13H21N3. The van der Waals surface area contributed by atoms with Crippen molar-refractivity contribution in [2.75, 3.05) is 19.6 Å². The number of hydrogen-bond donors (Lipinski definition) is 1. The van der Waals surface area contributed by atoms with E-state index in [0.717, 1.165) is 26.2 Å². The van der Waals surface area contributed by atoms with Crippen LogP contribution in [0.15, 0.2) is 18.3 Å². The summed E-state index contributed by atoms with van der Waals surface area (Å²) in [4.78, 5) is 6.99. The Balaban J connectivity index is 2.12. The van der Waals surface area contributed by atoms with E-state index in [9.17, 15) is 0 Å². The molecule has 1 aromatic heterocycles. The highest BCUT2D eigenvalue weighted by Crippen LogP contribution is 2.19. The van der Waals surface area contributed by atoms with Gasteiger partial charge in [0.1, 0.15) is 0 Å². The van der Waals surface area contributed by atoms with Crippen LogP contribution in [0.2, 0.25) is 0 Å². The molecule has 2 heterocycles. The van der Waals surface area contributed by atoms with Crippen LogP contribution in [0.1, 0.15) is 25.1 Å². The highest BCUT2D eigenvalue weighted by molar-refractivity contribution is 5.18. The number of aromatic nitrogens is 1. The molecule has 0 spiro atoms. The minimum absolute atomic E-state index is 0.224. The first-order valence-corrected chi connectivity index (χ1v) is 5.96. The zero-order valence-corrected chi connectivity index (χ0v) is 10.5. The topological polar surface area (TPSA) is 28.2 Å². The van der Waals surface area contributed by atoms with Crippen molar-refractivity contribution in [2.24, 2.45) is 0 Å². The van der Waals surface area contributed by atoms with Gasteiger partial charge in [-0.1, -0.05) is 6.07 Å². The molecule has 0 bridgehead atoms. The van der Waals surface area contributed by atoms with Crippen LogP contribution in [0.4, 0.5) is 0 Å². The Bertz CT molecular complexity index is 360. The molecule has 1 aliphatic rings. The van der Waals surface area contributed by atoms with E-state index >= 15 is 0 Å². The van der Waals surface area contributed by atoms with Crippen molar-refractivity contribution in [3.8, 4) is 0 Å². The summed E-state index contributed by atoms with van der Waals surface area (Å²) >= 11 is 0. The number of nitrogens with one attached hydrogen (secondary N) is 1. The van der Waals surface area contributed by atoms with Gasteiger partial charge in [-0.15, -0.1) is 0 Å². The molecule has 1 fully saturated rings. The molecule has 0 saturated carbocycles. The van der Waals surface area contributed by atoms with Crippen LogP contribution in [0, 0.1) is 6.92 Å². The SMILES string of the molecule is Cc1cccnc1CN1CCNCC1(C)C. The Morgan fingerprint density at radius 3 is 3.00 bits per heavy atom. The second-order valence-electron chi connectivity index (χ2n) is 5.18. The van der Waals surface area contributed by atoms with Crippen molar-refractivity contribution in [2.45, 2.75) is 32.9 Å². The summed E-state index contributed by atoms with van der Waals surface area (Å²) in [7, 11) is 0. The van der Waals surface area contributed by atoms with Crippen molar-refractivity contribution < 1.29 is 0 Å². The largest absolute Gasteiger partial charge is 0.314 e. The van der Waals surface area contributed by atoms with Gasteiger partial charge < -0.3 is 5.32 Å². The van der Waals surface area contributed by atoms with E-state index in [1.165, 1.54) is 11.3 Å². The molecule has 3 nitrogen and oxygen atoms in total. The smallest absolute Gasteiger partial charge is 0.0573 e. The number of hydrogen-bond acceptors (Lipinski definition) is 3. The van der Waals surface area contributed by atoms with Gasteiger partial charge in [-0.3, -0.25) is 9.88 Å². The van der Waals surface area contributed by atoms with Crippen molar-refractivity contribution in [1.82, 2.24) is 15.2 Å². The molecule has 3 heteroatoms. The summed E-state index contributed by atoms with van der Waals surface area (Å²) in [6.07, 6.45) is 1.89. The molecule has 0 atom stereocenters. The third-order valence-electron chi connectivity index (χ3n) is 3.43. The maximum Gasteiger partial charge on any atom is 0.0573 e. The molecule has 1 aliphatic heterocycles. The first-order chi connectivity index (χ1) is 7.59. The van der Waals surface area contributed by atoms with E-state index in [2.05, 4.69) is 42.0 Å². The molecule has 1 aromatic rings. The molecule has 88 valence electrons. The van der Waals surface area contributed by atoms with Gasteiger partial charge in [0.05, 0.1) is 5.69 Å². The predicted octanol–water partition coefficient (Wildman–Crippen LogP) is 1.57. The zero-order chi connectivity index (χ0) is 11.6. The molecule has 2 rings (SSSR count). The van der Waals surface area contributed by atoms with Crippen molar-refractivity contribution in [3.63, 3.8) is 0 Å². The Labute approximate surface area is 97.9 Å². The van der Waals surface area contributed by atoms with Crippen LogP contribution in [0.25, 0.3) is 0 Å². The van der Waals surface area contributed by atoms with Crippen LogP contribution in [-0.4, -0.2) is 35.1 Å². The Hall–Kier alpha value is -0.930. The highest BCUT2D eigenvalue weighted by Gasteiger charge is 2.29. The van der Waals surface area contributed by atoms with Crippen molar-refractivity contribution in [1.29, 1.82) is 0 Å². The minimum atomic E-state index is 0.224. The standard InChI is InChI=1S/C13H21N3/c1-11-5-4-6-15-12(11)9-16-8-7-14-10-13(16,2)3/h4-6,14H,7-10H2,1-3H3. The molecule has 16 heavy (non-hydrogen) atoms. The summed E-state index contributed by atoms with van der Waals surface area (Å²) in [5, 5.41) is 3.44. The Kier molecular flexibility index (Phi) is 3.26. The molecule has 1 saturated heterocycles. The molecular weight excluding hydrogens is 198 g/mol. The molecule has 0 radical (unpaired) electrons. The van der Waals surface area contributed by atoms with Gasteiger partial charge in [0.15, 0.2) is 0 Å². The fourth-order valence-electron chi connectivity index (χ4n) is 2.18. The van der Waals surface area contributed by atoms with Gasteiger partial charge in [-0.05, 0) is 32.4 Å². The van der Waals surface area contributed by atoms with E-state index < -0.39 is 0 Å². The second-order valence-corrected chi connectivity index (χ2v) is 5.18. The lowest BCUT2D eigenvalue weighted by Gasteiger charge is -2.42. The van der Waals surface area contributed by atoms with E-state index in [-0.39, 0.29) is 5.54 Å². The number of pyridine rings is 1.